The fourth-order valence-corrected chi connectivity index (χ4v) is 2.26. The number of pyridine rings is 2. The Bertz CT molecular complexity index is 965. The summed E-state index contributed by atoms with van der Waals surface area (Å²) in [5.74, 6) is -4.58. The van der Waals surface area contributed by atoms with E-state index in [4.69, 9.17) is 10.2 Å². The van der Waals surface area contributed by atoms with Crippen LogP contribution >= 0.6 is 0 Å². The molecule has 0 radical (unpaired) electrons. The molecule has 0 spiro atoms. The number of aromatic nitrogens is 2. The SMILES string of the molecule is O=C(O)c1cccc(-c2[c-]c(-c3cccc(C(=O)O)n3)c(F)cc2F)n1.[Pt]. The molecule has 2 aromatic heterocycles. The number of rotatable bonds is 4. The van der Waals surface area contributed by atoms with E-state index in [9.17, 15) is 18.4 Å². The Balaban J connectivity index is 0.00000261. The Morgan fingerprint density at radius 3 is 1.59 bits per heavy atom. The van der Waals surface area contributed by atoms with Crippen molar-refractivity contribution < 1.29 is 49.6 Å². The van der Waals surface area contributed by atoms with Crippen molar-refractivity contribution in [2.24, 2.45) is 0 Å². The first-order chi connectivity index (χ1) is 12.4. The second-order valence-electron chi connectivity index (χ2n) is 5.14. The van der Waals surface area contributed by atoms with Crippen LogP contribution in [0.2, 0.25) is 0 Å². The number of carboxylic acid groups (broad SMARTS) is 2. The van der Waals surface area contributed by atoms with Crippen molar-refractivity contribution in [2.75, 3.05) is 0 Å². The van der Waals surface area contributed by atoms with Gasteiger partial charge in [0, 0.05) is 32.5 Å². The maximum atomic E-state index is 14.2. The molecule has 0 aliphatic rings. The minimum atomic E-state index is -1.30. The van der Waals surface area contributed by atoms with E-state index in [-0.39, 0.29) is 55.0 Å². The van der Waals surface area contributed by atoms with E-state index in [1.807, 2.05) is 0 Å². The van der Waals surface area contributed by atoms with Gasteiger partial charge in [0.1, 0.15) is 11.4 Å². The van der Waals surface area contributed by atoms with Crippen LogP contribution < -0.4 is 0 Å². The number of hydrogen-bond acceptors (Lipinski definition) is 4. The van der Waals surface area contributed by atoms with Gasteiger partial charge in [-0.1, -0.05) is 41.5 Å². The normalized spacial score (nSPS) is 10.1. The largest absolute Gasteiger partial charge is 0.477 e. The van der Waals surface area contributed by atoms with Crippen molar-refractivity contribution in [1.82, 2.24) is 9.97 Å². The van der Waals surface area contributed by atoms with Gasteiger partial charge >= 0.3 is 11.9 Å². The first-order valence-electron chi connectivity index (χ1n) is 7.19. The number of carbonyl (C=O) groups is 2. The number of hydrogen-bond donors (Lipinski definition) is 2. The van der Waals surface area contributed by atoms with E-state index < -0.39 is 23.6 Å². The van der Waals surface area contributed by atoms with Crippen LogP contribution in [0.15, 0.2) is 42.5 Å². The third kappa shape index (κ3) is 4.23. The van der Waals surface area contributed by atoms with Crippen molar-refractivity contribution in [3.05, 3.63) is 71.6 Å². The summed E-state index contributed by atoms with van der Waals surface area (Å²) in [6.07, 6.45) is 0. The number of carboxylic acids is 2. The Labute approximate surface area is 165 Å². The molecule has 0 unspecified atom stereocenters. The first-order valence-corrected chi connectivity index (χ1v) is 7.19. The zero-order chi connectivity index (χ0) is 18.8. The van der Waals surface area contributed by atoms with Gasteiger partial charge in [0.15, 0.2) is 0 Å². The van der Waals surface area contributed by atoms with E-state index in [2.05, 4.69) is 16.0 Å². The van der Waals surface area contributed by atoms with Crippen molar-refractivity contribution in [3.63, 3.8) is 0 Å². The van der Waals surface area contributed by atoms with E-state index in [1.54, 1.807) is 0 Å². The van der Waals surface area contributed by atoms with Gasteiger partial charge in [-0.2, -0.15) is 0 Å². The molecule has 0 saturated heterocycles. The molecular weight excluding hydrogens is 541 g/mol. The van der Waals surface area contributed by atoms with Gasteiger partial charge in [-0.05, 0) is 12.1 Å². The van der Waals surface area contributed by atoms with Crippen LogP contribution in [0.3, 0.4) is 0 Å². The second-order valence-corrected chi connectivity index (χ2v) is 5.14. The summed E-state index contributed by atoms with van der Waals surface area (Å²) in [4.78, 5) is 29.7. The van der Waals surface area contributed by atoms with E-state index in [0.29, 0.717) is 6.07 Å². The van der Waals surface area contributed by atoms with E-state index >= 15 is 0 Å². The molecule has 0 aliphatic heterocycles. The molecule has 0 saturated carbocycles. The quantitative estimate of drug-likeness (QED) is 0.484. The van der Waals surface area contributed by atoms with Crippen molar-refractivity contribution >= 4 is 11.9 Å². The third-order valence-corrected chi connectivity index (χ3v) is 3.43. The Kier molecular flexibility index (Phi) is 6.12. The fourth-order valence-electron chi connectivity index (χ4n) is 2.26. The van der Waals surface area contributed by atoms with Gasteiger partial charge in [-0.3, -0.25) is 18.7 Å². The van der Waals surface area contributed by atoms with E-state index in [1.165, 1.54) is 36.4 Å². The molecule has 0 fully saturated rings. The zero-order valence-corrected chi connectivity index (χ0v) is 15.5. The Morgan fingerprint density at radius 1 is 0.815 bits per heavy atom. The van der Waals surface area contributed by atoms with Gasteiger partial charge < -0.3 is 10.2 Å². The molecule has 0 bridgehead atoms. The van der Waals surface area contributed by atoms with Gasteiger partial charge in [0.2, 0.25) is 0 Å². The molecule has 3 rings (SSSR count). The Hall–Kier alpha value is -2.99. The predicted octanol–water partition coefficient (Wildman–Crippen LogP) is 3.28. The fraction of sp³-hybridized carbons (Fsp3) is 0. The molecule has 1 aromatic carbocycles. The van der Waals surface area contributed by atoms with Gasteiger partial charge in [-0.15, -0.1) is 6.07 Å². The van der Waals surface area contributed by atoms with Crippen molar-refractivity contribution in [1.29, 1.82) is 0 Å². The molecule has 27 heavy (non-hydrogen) atoms. The topological polar surface area (TPSA) is 100 Å². The van der Waals surface area contributed by atoms with Gasteiger partial charge in [-0.25, -0.2) is 9.59 Å². The average Bonchev–Trinajstić information content (AvgIpc) is 2.62. The number of aromatic carboxylic acids is 2. The minimum Gasteiger partial charge on any atom is -0.477 e. The third-order valence-electron chi connectivity index (χ3n) is 3.43. The summed E-state index contributed by atoms with van der Waals surface area (Å²) in [5, 5.41) is 18.0. The van der Waals surface area contributed by atoms with Crippen LogP contribution in [0.25, 0.3) is 22.5 Å². The van der Waals surface area contributed by atoms with Crippen LogP contribution in [0, 0.1) is 17.7 Å². The summed E-state index contributed by atoms with van der Waals surface area (Å²) in [6, 6.07) is 11.0. The van der Waals surface area contributed by atoms with Crippen LogP contribution in [0.5, 0.6) is 0 Å². The number of benzene rings is 1. The molecule has 2 N–H and O–H groups in total. The zero-order valence-electron chi connectivity index (χ0n) is 13.2. The second kappa shape index (κ2) is 8.14. The molecule has 0 aliphatic carbocycles. The summed E-state index contributed by atoms with van der Waals surface area (Å²) < 4.78 is 28.4. The van der Waals surface area contributed by atoms with Crippen LogP contribution in [0.4, 0.5) is 8.78 Å². The van der Waals surface area contributed by atoms with Crippen LogP contribution in [0.1, 0.15) is 21.0 Å². The maximum Gasteiger partial charge on any atom is 0.353 e. The predicted molar refractivity (Wildman–Crippen MR) is 85.6 cm³/mol. The molecule has 2 heterocycles. The van der Waals surface area contributed by atoms with Crippen molar-refractivity contribution in [3.8, 4) is 22.5 Å². The summed E-state index contributed by atoms with van der Waals surface area (Å²) >= 11 is 0. The monoisotopic (exact) mass is 550 g/mol. The summed E-state index contributed by atoms with van der Waals surface area (Å²) in [6.45, 7) is 0. The summed E-state index contributed by atoms with van der Waals surface area (Å²) in [7, 11) is 0. The molecule has 9 heteroatoms. The molecule has 140 valence electrons. The van der Waals surface area contributed by atoms with Crippen molar-refractivity contribution in [2.45, 2.75) is 0 Å². The van der Waals surface area contributed by atoms with Gasteiger partial charge in [0.05, 0.1) is 11.6 Å². The molecular formula is C18H9F2N2O4Pt-. The first kappa shape index (κ1) is 20.3. The molecule has 0 atom stereocenters. The number of nitrogens with zero attached hydrogens (tertiary/aromatic N) is 2. The minimum absolute atomic E-state index is 0. The maximum absolute atomic E-state index is 14.2. The molecule has 6 nitrogen and oxygen atoms in total. The Morgan fingerprint density at radius 2 is 1.22 bits per heavy atom. The van der Waals surface area contributed by atoms with Gasteiger partial charge in [0.25, 0.3) is 0 Å². The standard InChI is InChI=1S/C18H9F2N2O4.Pt/c19-11-8-12(20)10(14-4-2-6-16(22-14)18(25)26)7-9(11)13-3-1-5-15(21-13)17(23)24;/h1-6,8H,(H,23,24)(H,25,26);/q-1;. The average molecular weight is 550 g/mol. The van der Waals surface area contributed by atoms with Crippen LogP contribution in [-0.4, -0.2) is 32.1 Å². The van der Waals surface area contributed by atoms with E-state index in [0.717, 1.165) is 0 Å². The number of halogens is 2. The molecule has 3 aromatic rings. The summed E-state index contributed by atoms with van der Waals surface area (Å²) in [5.41, 5.74) is -1.26. The molecule has 0 amide bonds. The van der Waals surface area contributed by atoms with Crippen LogP contribution in [-0.2, 0) is 21.1 Å². The smallest absolute Gasteiger partial charge is 0.353 e.